The van der Waals surface area contributed by atoms with Gasteiger partial charge in [-0.25, -0.2) is 14.6 Å². The molecular weight excluding hydrogens is 358 g/mol. The predicted octanol–water partition coefficient (Wildman–Crippen LogP) is 3.13. The minimum Gasteiger partial charge on any atom is -0.478 e. The number of nitrogens with zero attached hydrogens (tertiary/aromatic N) is 2. The van der Waals surface area contributed by atoms with Gasteiger partial charge in [0.05, 0.1) is 5.69 Å². The molecule has 0 spiro atoms. The molecule has 0 radical (unpaired) electrons. The van der Waals surface area contributed by atoms with Crippen molar-refractivity contribution >= 4 is 34.2 Å². The summed E-state index contributed by atoms with van der Waals surface area (Å²) in [5, 5.41) is 21.5. The Kier molecular flexibility index (Phi) is 5.76. The molecule has 7 nitrogen and oxygen atoms in total. The van der Waals surface area contributed by atoms with E-state index in [1.165, 1.54) is 16.3 Å². The van der Waals surface area contributed by atoms with Crippen LogP contribution in [0.3, 0.4) is 0 Å². The van der Waals surface area contributed by atoms with Crippen molar-refractivity contribution in [3.05, 3.63) is 84.2 Å². The van der Waals surface area contributed by atoms with Gasteiger partial charge in [-0.1, -0.05) is 36.4 Å². The second-order valence-corrected chi connectivity index (χ2v) is 5.87. The summed E-state index contributed by atoms with van der Waals surface area (Å²) in [6, 6.07) is 16.6. The van der Waals surface area contributed by atoms with E-state index in [1.807, 2.05) is 12.3 Å². The van der Waals surface area contributed by atoms with Crippen LogP contribution in [0.25, 0.3) is 10.8 Å². The molecule has 0 aliphatic carbocycles. The molecule has 2 aromatic carbocycles. The maximum absolute atomic E-state index is 9.55. The van der Waals surface area contributed by atoms with Crippen LogP contribution in [0.5, 0.6) is 0 Å². The predicted molar refractivity (Wildman–Crippen MR) is 106 cm³/mol. The first-order valence-corrected chi connectivity index (χ1v) is 8.42. The fraction of sp³-hybridized carbons (Fsp3) is 0.0476. The zero-order valence-corrected chi connectivity index (χ0v) is 14.7. The van der Waals surface area contributed by atoms with Crippen molar-refractivity contribution in [3.63, 3.8) is 0 Å². The fourth-order valence-corrected chi connectivity index (χ4v) is 2.76. The van der Waals surface area contributed by atoms with Gasteiger partial charge in [0, 0.05) is 42.0 Å². The van der Waals surface area contributed by atoms with Gasteiger partial charge in [-0.3, -0.25) is 4.98 Å². The Morgan fingerprint density at radius 1 is 0.964 bits per heavy atom. The van der Waals surface area contributed by atoms with Crippen molar-refractivity contribution in [1.29, 1.82) is 0 Å². The Morgan fingerprint density at radius 2 is 1.68 bits per heavy atom. The summed E-state index contributed by atoms with van der Waals surface area (Å²) in [6.07, 6.45) is 4.77. The molecule has 0 atom stereocenters. The van der Waals surface area contributed by atoms with Crippen LogP contribution >= 0.6 is 0 Å². The highest BCUT2D eigenvalue weighted by Crippen LogP contribution is 2.34. The number of hydrogen-bond acceptors (Lipinski definition) is 5. The summed E-state index contributed by atoms with van der Waals surface area (Å²) in [5.41, 5.74) is 3.38. The molecule has 0 amide bonds. The van der Waals surface area contributed by atoms with Crippen molar-refractivity contribution in [2.75, 3.05) is 0 Å². The van der Waals surface area contributed by atoms with Gasteiger partial charge in [-0.2, -0.15) is 0 Å². The molecule has 1 aliphatic heterocycles. The fourth-order valence-electron chi connectivity index (χ4n) is 2.76. The molecule has 3 N–H and O–H groups in total. The summed E-state index contributed by atoms with van der Waals surface area (Å²) >= 11 is 0. The van der Waals surface area contributed by atoms with Gasteiger partial charge in [0.15, 0.2) is 0 Å². The molecule has 3 aromatic rings. The third-order valence-corrected chi connectivity index (χ3v) is 3.92. The topological polar surface area (TPSA) is 112 Å². The Bertz CT molecular complexity index is 1050. The minimum atomic E-state index is -1.26. The molecule has 28 heavy (non-hydrogen) atoms. The van der Waals surface area contributed by atoms with E-state index in [-0.39, 0.29) is 0 Å². The number of pyridine rings is 1. The van der Waals surface area contributed by atoms with Crippen LogP contribution in [0.4, 0.5) is 5.69 Å². The molecule has 0 saturated heterocycles. The van der Waals surface area contributed by atoms with Gasteiger partial charge in [0.2, 0.25) is 0 Å². The van der Waals surface area contributed by atoms with Crippen molar-refractivity contribution < 1.29 is 19.8 Å². The van der Waals surface area contributed by atoms with E-state index in [4.69, 9.17) is 15.2 Å². The zero-order valence-electron chi connectivity index (χ0n) is 14.7. The lowest BCUT2D eigenvalue weighted by atomic mass is 10.0. The molecule has 0 bridgehead atoms. The molecule has 2 heterocycles. The Labute approximate surface area is 160 Å². The Hall–Kier alpha value is -4.00. The van der Waals surface area contributed by atoms with Gasteiger partial charge in [0.1, 0.15) is 5.84 Å². The van der Waals surface area contributed by atoms with Crippen molar-refractivity contribution in [2.24, 2.45) is 4.99 Å². The summed E-state index contributed by atoms with van der Waals surface area (Å²) in [6.45, 7) is 0.733. The SMILES string of the molecule is O=C(O)C=CC(=O)O.c1cncc(CNC2=Nc3cccc4cccc2c34)c1. The number of carboxylic acid groups (broad SMARTS) is 2. The monoisotopic (exact) mass is 375 g/mol. The van der Waals surface area contributed by atoms with Crippen LogP contribution in [0.15, 0.2) is 78.1 Å². The molecule has 0 unspecified atom stereocenters. The highest BCUT2D eigenvalue weighted by atomic mass is 16.4. The average Bonchev–Trinajstić information content (AvgIpc) is 3.06. The lowest BCUT2D eigenvalue weighted by molar-refractivity contribution is -0.134. The lowest BCUT2D eigenvalue weighted by Crippen LogP contribution is -2.22. The molecule has 4 rings (SSSR count). The van der Waals surface area contributed by atoms with Crippen LogP contribution in [0, 0.1) is 0 Å². The molecular formula is C21H17N3O4. The molecule has 0 fully saturated rings. The summed E-state index contributed by atoms with van der Waals surface area (Å²) < 4.78 is 0. The summed E-state index contributed by atoms with van der Waals surface area (Å²) in [7, 11) is 0. The maximum atomic E-state index is 9.55. The third kappa shape index (κ3) is 4.59. The van der Waals surface area contributed by atoms with E-state index < -0.39 is 11.9 Å². The van der Waals surface area contributed by atoms with Crippen molar-refractivity contribution in [1.82, 2.24) is 10.3 Å². The largest absolute Gasteiger partial charge is 0.478 e. The minimum absolute atomic E-state index is 0.558. The smallest absolute Gasteiger partial charge is 0.328 e. The van der Waals surface area contributed by atoms with Gasteiger partial charge >= 0.3 is 11.9 Å². The number of aliphatic carboxylic acids is 2. The van der Waals surface area contributed by atoms with E-state index in [1.54, 1.807) is 6.20 Å². The zero-order chi connectivity index (χ0) is 19.9. The lowest BCUT2D eigenvalue weighted by Gasteiger charge is -2.07. The number of hydrogen-bond donors (Lipinski definition) is 3. The van der Waals surface area contributed by atoms with E-state index in [9.17, 15) is 9.59 Å². The average molecular weight is 375 g/mol. The highest BCUT2D eigenvalue weighted by Gasteiger charge is 2.17. The van der Waals surface area contributed by atoms with E-state index in [0.717, 1.165) is 23.6 Å². The number of carboxylic acids is 2. The number of nitrogens with one attached hydrogen (secondary N) is 1. The highest BCUT2D eigenvalue weighted by molar-refractivity contribution is 6.18. The van der Waals surface area contributed by atoms with Crippen molar-refractivity contribution in [3.8, 4) is 0 Å². The number of amidine groups is 1. The van der Waals surface area contributed by atoms with Gasteiger partial charge in [0.25, 0.3) is 0 Å². The Balaban J connectivity index is 0.000000242. The first-order valence-electron chi connectivity index (χ1n) is 8.42. The molecule has 0 saturated carbocycles. The van der Waals surface area contributed by atoms with E-state index in [2.05, 4.69) is 52.8 Å². The van der Waals surface area contributed by atoms with Crippen LogP contribution in [-0.2, 0) is 16.1 Å². The number of aliphatic imine (C=N–C) groups is 1. The normalized spacial score (nSPS) is 11.6. The second-order valence-electron chi connectivity index (χ2n) is 5.87. The van der Waals surface area contributed by atoms with E-state index >= 15 is 0 Å². The first-order chi connectivity index (χ1) is 13.5. The van der Waals surface area contributed by atoms with Crippen LogP contribution in [0.2, 0.25) is 0 Å². The second kappa shape index (κ2) is 8.59. The van der Waals surface area contributed by atoms with Gasteiger partial charge in [-0.15, -0.1) is 0 Å². The first kappa shape index (κ1) is 18.8. The Morgan fingerprint density at radius 3 is 2.32 bits per heavy atom. The summed E-state index contributed by atoms with van der Waals surface area (Å²) in [4.78, 5) is 27.9. The maximum Gasteiger partial charge on any atom is 0.328 e. The molecule has 7 heteroatoms. The number of carbonyl (C=O) groups is 2. The summed E-state index contributed by atoms with van der Waals surface area (Å²) in [5.74, 6) is -1.57. The molecule has 1 aromatic heterocycles. The van der Waals surface area contributed by atoms with Crippen LogP contribution in [-0.4, -0.2) is 33.0 Å². The van der Waals surface area contributed by atoms with E-state index in [0.29, 0.717) is 12.2 Å². The molecule has 1 aliphatic rings. The standard InChI is InChI=1S/C17H13N3.C4H4O4/c1-5-13-6-2-8-15-16(13)14(7-1)17(20-15)19-11-12-4-3-9-18-10-12;5-3(6)1-2-4(7)8/h1-10H,11H2,(H,19,20);1-2H,(H,5,6)(H,7,8). The molecule has 140 valence electrons. The van der Waals surface area contributed by atoms with Gasteiger partial charge in [-0.05, 0) is 23.1 Å². The van der Waals surface area contributed by atoms with Crippen molar-refractivity contribution in [2.45, 2.75) is 6.54 Å². The number of aromatic nitrogens is 1. The third-order valence-electron chi connectivity index (χ3n) is 3.92. The van der Waals surface area contributed by atoms with Gasteiger partial charge < -0.3 is 15.5 Å². The van der Waals surface area contributed by atoms with Crippen LogP contribution in [0.1, 0.15) is 11.1 Å². The quantitative estimate of drug-likeness (QED) is 0.604. The number of benzene rings is 2. The number of rotatable bonds is 4. The van der Waals surface area contributed by atoms with Crippen LogP contribution < -0.4 is 5.32 Å².